The van der Waals surface area contributed by atoms with E-state index in [1.165, 1.54) is 0 Å². The van der Waals surface area contributed by atoms with Gasteiger partial charge in [-0.2, -0.15) is 0 Å². The van der Waals surface area contributed by atoms with E-state index < -0.39 is 48.1 Å². The fourth-order valence-electron chi connectivity index (χ4n) is 7.99. The molecule has 0 radical (unpaired) electrons. The monoisotopic (exact) mass is 742 g/mol. The van der Waals surface area contributed by atoms with E-state index in [-0.39, 0.29) is 38.5 Å². The van der Waals surface area contributed by atoms with Crippen LogP contribution in [-0.2, 0) is 38.6 Å². The lowest BCUT2D eigenvalue weighted by Gasteiger charge is -2.62. The summed E-state index contributed by atoms with van der Waals surface area (Å²) in [5.74, 6) is -2.86. The van der Waals surface area contributed by atoms with Gasteiger partial charge in [0.25, 0.3) is 0 Å². The number of esters is 2. The van der Waals surface area contributed by atoms with Crippen molar-refractivity contribution in [3.8, 4) is 0 Å². The molecular weight excluding hydrogens is 696 g/mol. The molecule has 0 amide bonds. The third kappa shape index (κ3) is 6.89. The van der Waals surface area contributed by atoms with Crippen LogP contribution >= 0.6 is 0 Å². The van der Waals surface area contributed by atoms with E-state index in [0.29, 0.717) is 46.5 Å². The second kappa shape index (κ2) is 16.3. The van der Waals surface area contributed by atoms with Crippen molar-refractivity contribution < 1.29 is 48.8 Å². The van der Waals surface area contributed by atoms with Gasteiger partial charge in [0.05, 0.1) is 38.5 Å². The summed E-state index contributed by atoms with van der Waals surface area (Å²) in [6.45, 7) is 8.58. The zero-order valence-corrected chi connectivity index (χ0v) is 30.7. The Morgan fingerprint density at radius 1 is 0.537 bits per heavy atom. The Kier molecular flexibility index (Phi) is 11.4. The predicted octanol–water partition coefficient (Wildman–Crippen LogP) is 3.54. The largest absolute Gasteiger partial charge is 0.851 e. The fraction of sp³-hybridized carbons (Fsp3) is 0.450. The zero-order valence-electron chi connectivity index (χ0n) is 30.7. The molecule has 0 bridgehead atoms. The van der Waals surface area contributed by atoms with Gasteiger partial charge in [0.1, 0.15) is 13.2 Å². The first-order valence-electron chi connectivity index (χ1n) is 18.6. The summed E-state index contributed by atoms with van der Waals surface area (Å²) in [5, 5.41) is 45.3. The number of hydrogen-bond acceptors (Lipinski definition) is 14. The molecule has 4 aromatic rings. The number of hydrogen-bond donors (Lipinski definition) is 4. The Morgan fingerprint density at radius 2 is 0.944 bits per heavy atom. The summed E-state index contributed by atoms with van der Waals surface area (Å²) < 4.78 is 10.6. The number of nitrogens with one attached hydrogen (secondary N) is 4. The van der Waals surface area contributed by atoms with Gasteiger partial charge in [-0.05, 0) is 85.7 Å². The van der Waals surface area contributed by atoms with Crippen LogP contribution in [0.1, 0.15) is 50.7 Å². The molecule has 0 spiro atoms. The molecule has 54 heavy (non-hydrogen) atoms. The average Bonchev–Trinajstić information content (AvgIpc) is 3.44. The van der Waals surface area contributed by atoms with Gasteiger partial charge in [-0.15, -0.1) is 12.2 Å². The second-order valence-electron chi connectivity index (χ2n) is 13.5. The van der Waals surface area contributed by atoms with Gasteiger partial charge in [0, 0.05) is 33.5 Å². The molecule has 0 aromatic heterocycles. The van der Waals surface area contributed by atoms with Gasteiger partial charge in [-0.1, -0.05) is 36.4 Å². The third-order valence-corrected chi connectivity index (χ3v) is 10.4. The molecule has 1 fully saturated rings. The SMILES string of the molecule is CCOOCC1Nc2cccc3c(C4C([O-])C(c5ccc6c7c(cccc57)NC(C(=O)OCC)C(C(=O)OCC)N6)C4[O-])ccc(c23)NC1COOCC. The highest BCUT2D eigenvalue weighted by Crippen LogP contribution is 2.51. The van der Waals surface area contributed by atoms with E-state index in [9.17, 15) is 19.8 Å². The Balaban J connectivity index is 1.21. The van der Waals surface area contributed by atoms with Crippen LogP contribution in [-0.4, -0.2) is 88.0 Å². The Labute approximate surface area is 313 Å². The minimum atomic E-state index is -1.24. The number of carbonyl (C=O) groups is 2. The summed E-state index contributed by atoms with van der Waals surface area (Å²) in [6.07, 6.45) is -2.47. The lowest BCUT2D eigenvalue weighted by Crippen LogP contribution is -2.63. The molecule has 1 aliphatic carbocycles. The van der Waals surface area contributed by atoms with Gasteiger partial charge >= 0.3 is 11.9 Å². The van der Waals surface area contributed by atoms with Crippen LogP contribution in [0.3, 0.4) is 0 Å². The minimum Gasteiger partial charge on any atom is -0.851 e. The van der Waals surface area contributed by atoms with Crippen molar-refractivity contribution in [3.63, 3.8) is 0 Å². The van der Waals surface area contributed by atoms with Crippen LogP contribution in [0.15, 0.2) is 60.7 Å². The maximum absolute atomic E-state index is 14.4. The summed E-state index contributed by atoms with van der Waals surface area (Å²) >= 11 is 0. The zero-order chi connectivity index (χ0) is 37.9. The van der Waals surface area contributed by atoms with Crippen molar-refractivity contribution in [2.45, 2.75) is 75.9 Å². The number of rotatable bonds is 14. The van der Waals surface area contributed by atoms with Crippen LogP contribution in [0.4, 0.5) is 22.7 Å². The lowest BCUT2D eigenvalue weighted by atomic mass is 9.62. The van der Waals surface area contributed by atoms with Gasteiger partial charge in [0.15, 0.2) is 12.1 Å². The topological polar surface area (TPSA) is 184 Å². The highest BCUT2D eigenvalue weighted by molar-refractivity contribution is 6.09. The summed E-state index contributed by atoms with van der Waals surface area (Å²) in [5.41, 5.74) is 4.09. The van der Waals surface area contributed by atoms with Crippen LogP contribution < -0.4 is 31.5 Å². The number of anilines is 4. The second-order valence-corrected chi connectivity index (χ2v) is 13.5. The molecule has 6 unspecified atom stereocenters. The molecule has 2 heterocycles. The standard InChI is InChI=1S/C40H46N4O10/c1-5-49-39(47)35-36(40(48)50-6-2)44-28-18-16-24(22-12-10-14-26(43-35)32(22)28)34-37(45)33(38(34)46)23-15-17-27-31-21(23)11-9-13-25(31)41-29(19-53-51-7-3)30(42-27)20-54-52-8-4/h9-18,29-30,33-38,41-44H,5-8,19-20H2,1-4H3/q-2. The lowest BCUT2D eigenvalue weighted by molar-refractivity contribution is -0.535. The van der Waals surface area contributed by atoms with Crippen molar-refractivity contribution in [1.29, 1.82) is 0 Å². The molecule has 0 saturated heterocycles. The first-order valence-corrected chi connectivity index (χ1v) is 18.6. The van der Waals surface area contributed by atoms with Crippen molar-refractivity contribution in [3.05, 3.63) is 71.8 Å². The Morgan fingerprint density at radius 3 is 1.37 bits per heavy atom. The summed E-state index contributed by atoms with van der Waals surface area (Å²) in [6, 6.07) is 15.9. The van der Waals surface area contributed by atoms with Gasteiger partial charge in [-0.3, -0.25) is 0 Å². The van der Waals surface area contributed by atoms with E-state index in [1.807, 2.05) is 50.2 Å². The Bertz CT molecular complexity index is 1930. The first kappa shape index (κ1) is 37.6. The van der Waals surface area contributed by atoms with Gasteiger partial charge < -0.3 is 41.0 Å². The maximum atomic E-state index is 14.4. The molecule has 4 N–H and O–H groups in total. The van der Waals surface area contributed by atoms with E-state index in [1.54, 1.807) is 38.1 Å². The van der Waals surface area contributed by atoms with E-state index in [2.05, 4.69) is 21.3 Å². The minimum absolute atomic E-state index is 0.132. The van der Waals surface area contributed by atoms with Crippen molar-refractivity contribution >= 4 is 56.2 Å². The van der Waals surface area contributed by atoms with E-state index >= 15 is 0 Å². The third-order valence-electron chi connectivity index (χ3n) is 10.4. The Hall–Kier alpha value is -4.70. The van der Waals surface area contributed by atoms with Crippen LogP contribution in [0.5, 0.6) is 0 Å². The molecule has 7 rings (SSSR count). The predicted molar refractivity (Wildman–Crippen MR) is 199 cm³/mol. The molecule has 3 aliphatic rings. The van der Waals surface area contributed by atoms with Crippen LogP contribution in [0, 0.1) is 0 Å². The molecular formula is C40H46N4O10-2. The van der Waals surface area contributed by atoms with E-state index in [0.717, 1.165) is 22.1 Å². The highest BCUT2D eigenvalue weighted by atomic mass is 17.2. The van der Waals surface area contributed by atoms with E-state index in [4.69, 9.17) is 29.0 Å². The van der Waals surface area contributed by atoms with Crippen LogP contribution in [0.25, 0.3) is 21.5 Å². The van der Waals surface area contributed by atoms with Crippen molar-refractivity contribution in [2.24, 2.45) is 0 Å². The van der Waals surface area contributed by atoms with Crippen molar-refractivity contribution in [2.75, 3.05) is 60.9 Å². The molecule has 2 aliphatic heterocycles. The smallest absolute Gasteiger partial charge is 0.331 e. The molecule has 1 saturated carbocycles. The maximum Gasteiger partial charge on any atom is 0.331 e. The number of carbonyl (C=O) groups excluding carboxylic acids is 2. The molecule has 4 aromatic carbocycles. The summed E-state index contributed by atoms with van der Waals surface area (Å²) in [4.78, 5) is 47.5. The molecule has 14 nitrogen and oxygen atoms in total. The van der Waals surface area contributed by atoms with Gasteiger partial charge in [-0.25, -0.2) is 29.1 Å². The molecule has 14 heteroatoms. The number of ether oxygens (including phenoxy) is 2. The van der Waals surface area contributed by atoms with Gasteiger partial charge in [0.2, 0.25) is 0 Å². The summed E-state index contributed by atoms with van der Waals surface area (Å²) in [7, 11) is 0. The van der Waals surface area contributed by atoms with Crippen LogP contribution in [0.2, 0.25) is 0 Å². The first-order chi connectivity index (χ1) is 26.3. The molecule has 6 atom stereocenters. The molecule has 288 valence electrons. The quantitative estimate of drug-likeness (QED) is 0.0637. The average molecular weight is 743 g/mol. The van der Waals surface area contributed by atoms with Crippen molar-refractivity contribution in [1.82, 2.24) is 0 Å². The number of benzene rings is 4. The normalized spacial score (nSPS) is 25.6. The fourth-order valence-corrected chi connectivity index (χ4v) is 7.99. The highest BCUT2D eigenvalue weighted by Gasteiger charge is 2.42.